The van der Waals surface area contributed by atoms with Gasteiger partial charge in [0.15, 0.2) is 0 Å². The standard InChI is InChI=1S/C21H21ClN6O2/c1-13-17(15-9-24-28(12-15)11-14-4-6-16(22)7-5-14)8-19(27-26-13)18-10-23-21(30-3)25-20(18)29-2/h4-8,10,12,24H,9,11H2,1-3H3. The molecule has 0 atom stereocenters. The van der Waals surface area contributed by atoms with E-state index in [0.29, 0.717) is 23.7 Å². The van der Waals surface area contributed by atoms with Gasteiger partial charge >= 0.3 is 6.01 Å². The molecule has 3 aromatic rings. The fourth-order valence-electron chi connectivity index (χ4n) is 3.21. The molecule has 1 N–H and O–H groups in total. The van der Waals surface area contributed by atoms with Crippen molar-refractivity contribution in [2.24, 2.45) is 0 Å². The Bertz CT molecular complexity index is 1090. The monoisotopic (exact) mass is 424 g/mol. The minimum absolute atomic E-state index is 0.233. The van der Waals surface area contributed by atoms with E-state index >= 15 is 0 Å². The Morgan fingerprint density at radius 2 is 1.90 bits per heavy atom. The lowest BCUT2D eigenvalue weighted by atomic mass is 10.0. The number of benzene rings is 1. The second-order valence-electron chi connectivity index (χ2n) is 6.75. The van der Waals surface area contributed by atoms with Gasteiger partial charge in [0.25, 0.3) is 0 Å². The molecule has 1 aliphatic heterocycles. The molecular weight excluding hydrogens is 404 g/mol. The summed E-state index contributed by atoms with van der Waals surface area (Å²) in [4.78, 5) is 8.40. The van der Waals surface area contributed by atoms with Crippen molar-refractivity contribution < 1.29 is 9.47 Å². The van der Waals surface area contributed by atoms with Crippen molar-refractivity contribution in [3.05, 3.63) is 64.6 Å². The van der Waals surface area contributed by atoms with Gasteiger partial charge in [-0.3, -0.25) is 0 Å². The van der Waals surface area contributed by atoms with Gasteiger partial charge in [0.1, 0.15) is 5.69 Å². The van der Waals surface area contributed by atoms with E-state index in [0.717, 1.165) is 34.0 Å². The molecule has 0 spiro atoms. The smallest absolute Gasteiger partial charge is 0.319 e. The van der Waals surface area contributed by atoms with Crippen LogP contribution in [0.2, 0.25) is 5.02 Å². The first-order valence-corrected chi connectivity index (χ1v) is 9.70. The summed E-state index contributed by atoms with van der Waals surface area (Å²) in [5.74, 6) is 0.383. The molecule has 1 aliphatic rings. The van der Waals surface area contributed by atoms with Crippen LogP contribution in [0.3, 0.4) is 0 Å². The van der Waals surface area contributed by atoms with Gasteiger partial charge in [-0.1, -0.05) is 23.7 Å². The lowest BCUT2D eigenvalue weighted by molar-refractivity contribution is 0.299. The van der Waals surface area contributed by atoms with E-state index in [1.165, 1.54) is 7.11 Å². The van der Waals surface area contributed by atoms with Gasteiger partial charge in [0.05, 0.1) is 32.0 Å². The van der Waals surface area contributed by atoms with Crippen LogP contribution in [-0.4, -0.2) is 45.9 Å². The van der Waals surface area contributed by atoms with Gasteiger partial charge in [-0.2, -0.15) is 10.1 Å². The number of hydrogen-bond acceptors (Lipinski definition) is 8. The lowest BCUT2D eigenvalue weighted by Gasteiger charge is -2.15. The molecule has 0 saturated heterocycles. The van der Waals surface area contributed by atoms with Crippen LogP contribution in [0.5, 0.6) is 11.9 Å². The van der Waals surface area contributed by atoms with Crippen LogP contribution in [0.4, 0.5) is 0 Å². The highest BCUT2D eigenvalue weighted by atomic mass is 35.5. The molecule has 0 fully saturated rings. The van der Waals surface area contributed by atoms with E-state index in [1.54, 1.807) is 13.3 Å². The number of methoxy groups -OCH3 is 2. The largest absolute Gasteiger partial charge is 0.480 e. The van der Waals surface area contributed by atoms with Gasteiger partial charge in [0, 0.05) is 29.5 Å². The molecule has 0 amide bonds. The predicted octanol–water partition coefficient (Wildman–Crippen LogP) is 3.27. The number of rotatable bonds is 6. The Morgan fingerprint density at radius 1 is 1.10 bits per heavy atom. The Kier molecular flexibility index (Phi) is 5.78. The zero-order valence-electron chi connectivity index (χ0n) is 16.9. The van der Waals surface area contributed by atoms with E-state index in [2.05, 4.69) is 36.8 Å². The fraction of sp³-hybridized carbons (Fsp3) is 0.238. The zero-order chi connectivity index (χ0) is 21.1. The third-order valence-electron chi connectivity index (χ3n) is 4.76. The number of hydrogen-bond donors (Lipinski definition) is 1. The van der Waals surface area contributed by atoms with Gasteiger partial charge in [-0.05, 0) is 36.3 Å². The van der Waals surface area contributed by atoms with Gasteiger partial charge in [0.2, 0.25) is 5.88 Å². The number of nitrogens with zero attached hydrogens (tertiary/aromatic N) is 5. The van der Waals surface area contributed by atoms with Crippen molar-refractivity contribution in [1.29, 1.82) is 0 Å². The molecule has 0 unspecified atom stereocenters. The maximum absolute atomic E-state index is 5.97. The second-order valence-corrected chi connectivity index (χ2v) is 7.19. The summed E-state index contributed by atoms with van der Waals surface area (Å²) in [6.07, 6.45) is 3.71. The topological polar surface area (TPSA) is 85.3 Å². The molecule has 0 radical (unpaired) electrons. The summed E-state index contributed by atoms with van der Waals surface area (Å²) in [7, 11) is 3.06. The van der Waals surface area contributed by atoms with E-state index in [9.17, 15) is 0 Å². The third kappa shape index (κ3) is 4.19. The predicted molar refractivity (Wildman–Crippen MR) is 114 cm³/mol. The minimum Gasteiger partial charge on any atom is -0.480 e. The molecule has 0 aliphatic carbocycles. The van der Waals surface area contributed by atoms with Crippen LogP contribution in [-0.2, 0) is 6.54 Å². The lowest BCUT2D eigenvalue weighted by Crippen LogP contribution is -2.28. The number of nitrogens with one attached hydrogen (secondary N) is 1. The van der Waals surface area contributed by atoms with E-state index in [4.69, 9.17) is 21.1 Å². The number of ether oxygens (including phenoxy) is 2. The molecule has 1 aromatic carbocycles. The van der Waals surface area contributed by atoms with Gasteiger partial charge < -0.3 is 14.5 Å². The Balaban J connectivity index is 1.62. The van der Waals surface area contributed by atoms with E-state index in [1.807, 2.05) is 37.3 Å². The molecule has 0 bridgehead atoms. The molecule has 4 rings (SSSR count). The third-order valence-corrected chi connectivity index (χ3v) is 5.01. The summed E-state index contributed by atoms with van der Waals surface area (Å²) in [6.45, 7) is 3.36. The van der Waals surface area contributed by atoms with E-state index in [-0.39, 0.29) is 6.01 Å². The summed E-state index contributed by atoms with van der Waals surface area (Å²) >= 11 is 5.97. The van der Waals surface area contributed by atoms with Crippen molar-refractivity contribution in [1.82, 2.24) is 30.6 Å². The van der Waals surface area contributed by atoms with Crippen molar-refractivity contribution in [3.8, 4) is 23.1 Å². The Morgan fingerprint density at radius 3 is 2.63 bits per heavy atom. The van der Waals surface area contributed by atoms with Crippen LogP contribution in [0.1, 0.15) is 16.8 Å². The van der Waals surface area contributed by atoms with E-state index < -0.39 is 0 Å². The fourth-order valence-corrected chi connectivity index (χ4v) is 3.33. The van der Waals surface area contributed by atoms with Crippen LogP contribution in [0.15, 0.2) is 42.7 Å². The Labute approximate surface area is 179 Å². The number of aromatic nitrogens is 4. The zero-order valence-corrected chi connectivity index (χ0v) is 17.6. The highest BCUT2D eigenvalue weighted by Gasteiger charge is 2.19. The first-order valence-electron chi connectivity index (χ1n) is 9.32. The molecule has 8 nitrogen and oxygen atoms in total. The molecule has 3 heterocycles. The number of aryl methyl sites for hydroxylation is 1. The molecule has 9 heteroatoms. The Hall–Kier alpha value is -3.23. The van der Waals surface area contributed by atoms with Crippen LogP contribution in [0, 0.1) is 6.92 Å². The highest BCUT2D eigenvalue weighted by Crippen LogP contribution is 2.30. The number of hydrazine groups is 1. The maximum Gasteiger partial charge on any atom is 0.319 e. The summed E-state index contributed by atoms with van der Waals surface area (Å²) in [5.41, 5.74) is 8.79. The summed E-state index contributed by atoms with van der Waals surface area (Å²) in [6, 6.07) is 10.0. The molecular formula is C21H21ClN6O2. The normalized spacial score (nSPS) is 13.3. The van der Waals surface area contributed by atoms with Crippen molar-refractivity contribution >= 4 is 17.2 Å². The SMILES string of the molecule is COc1ncc(-c2cc(C3=CN(Cc4ccc(Cl)cc4)NC3)c(C)nn2)c(OC)n1. The average Bonchev–Trinajstić information content (AvgIpc) is 3.23. The molecule has 30 heavy (non-hydrogen) atoms. The summed E-state index contributed by atoms with van der Waals surface area (Å²) in [5, 5.41) is 11.4. The summed E-state index contributed by atoms with van der Waals surface area (Å²) < 4.78 is 10.5. The van der Waals surface area contributed by atoms with Gasteiger partial charge in [-0.15, -0.1) is 5.10 Å². The van der Waals surface area contributed by atoms with Crippen LogP contribution in [0.25, 0.3) is 16.8 Å². The molecule has 2 aromatic heterocycles. The highest BCUT2D eigenvalue weighted by molar-refractivity contribution is 6.30. The minimum atomic E-state index is 0.233. The quantitative estimate of drug-likeness (QED) is 0.645. The number of halogens is 1. The maximum atomic E-state index is 5.97. The molecule has 154 valence electrons. The second kappa shape index (κ2) is 8.64. The van der Waals surface area contributed by atoms with Crippen molar-refractivity contribution in [2.75, 3.05) is 20.8 Å². The average molecular weight is 425 g/mol. The molecule has 0 saturated carbocycles. The first-order chi connectivity index (χ1) is 14.6. The van der Waals surface area contributed by atoms with Crippen molar-refractivity contribution in [2.45, 2.75) is 13.5 Å². The van der Waals surface area contributed by atoms with Crippen LogP contribution >= 0.6 is 11.6 Å². The van der Waals surface area contributed by atoms with Crippen molar-refractivity contribution in [3.63, 3.8) is 0 Å². The van der Waals surface area contributed by atoms with Gasteiger partial charge in [-0.25, -0.2) is 10.4 Å². The van der Waals surface area contributed by atoms with Crippen LogP contribution < -0.4 is 14.9 Å². The first kappa shape index (κ1) is 20.1.